The predicted octanol–water partition coefficient (Wildman–Crippen LogP) is 5.25. The third-order valence-corrected chi connectivity index (χ3v) is 6.31. The molecule has 29 heavy (non-hydrogen) atoms. The molecular formula is C23H31N3O2S. The van der Waals surface area contributed by atoms with Gasteiger partial charge in [-0.3, -0.25) is 9.59 Å². The molecule has 2 aromatic rings. The third kappa shape index (κ3) is 5.66. The van der Waals surface area contributed by atoms with E-state index in [-0.39, 0.29) is 17.2 Å². The highest BCUT2D eigenvalue weighted by atomic mass is 32.1. The molecule has 1 aromatic carbocycles. The number of carbonyl (C=O) groups excluding carboxylic acids is 2. The lowest BCUT2D eigenvalue weighted by molar-refractivity contribution is -0.117. The number of nitrogens with zero attached hydrogens (tertiary/aromatic N) is 1. The zero-order valence-corrected chi connectivity index (χ0v) is 18.6. The SMILES string of the molecule is C[C@@H](NC(=O)c1ccc(C(C)(C)C)cc1)C(=O)Nc1nc(C2CCCCC2)cs1. The Morgan fingerprint density at radius 3 is 2.38 bits per heavy atom. The van der Waals surface area contributed by atoms with Crippen LogP contribution in [0, 0.1) is 0 Å². The molecule has 0 radical (unpaired) electrons. The minimum absolute atomic E-state index is 0.0341. The standard InChI is InChI=1S/C23H31N3O2S/c1-15(24-21(28)17-10-12-18(13-11-17)23(2,3)4)20(27)26-22-25-19(14-29-22)16-8-6-5-7-9-16/h10-16H,5-9H2,1-4H3,(H,24,28)(H,25,26,27)/t15-/m1/s1. The Kier molecular flexibility index (Phi) is 6.73. The van der Waals surface area contributed by atoms with E-state index in [9.17, 15) is 9.59 Å². The second-order valence-corrected chi connectivity index (χ2v) is 9.78. The van der Waals surface area contributed by atoms with Gasteiger partial charge in [-0.2, -0.15) is 0 Å². The lowest BCUT2D eigenvalue weighted by atomic mass is 9.86. The second kappa shape index (κ2) is 9.08. The fourth-order valence-corrected chi connectivity index (χ4v) is 4.41. The minimum Gasteiger partial charge on any atom is -0.341 e. The van der Waals surface area contributed by atoms with Crippen LogP contribution >= 0.6 is 11.3 Å². The molecule has 1 saturated carbocycles. The van der Waals surface area contributed by atoms with Crippen LogP contribution in [0.15, 0.2) is 29.6 Å². The lowest BCUT2D eigenvalue weighted by Gasteiger charge is -2.19. The Morgan fingerprint density at radius 2 is 1.76 bits per heavy atom. The number of amides is 2. The van der Waals surface area contributed by atoms with Crippen molar-refractivity contribution in [3.8, 4) is 0 Å². The van der Waals surface area contributed by atoms with Gasteiger partial charge in [-0.05, 0) is 42.9 Å². The number of anilines is 1. The van der Waals surface area contributed by atoms with Crippen LogP contribution in [-0.2, 0) is 10.2 Å². The van der Waals surface area contributed by atoms with Crippen molar-refractivity contribution in [3.63, 3.8) is 0 Å². The Balaban J connectivity index is 1.55. The summed E-state index contributed by atoms with van der Waals surface area (Å²) in [5.74, 6) is 0.00296. The maximum atomic E-state index is 12.5. The first-order valence-corrected chi connectivity index (χ1v) is 11.3. The van der Waals surface area contributed by atoms with Crippen LogP contribution in [0.1, 0.15) is 87.3 Å². The monoisotopic (exact) mass is 413 g/mol. The summed E-state index contributed by atoms with van der Waals surface area (Å²) >= 11 is 1.45. The first-order valence-electron chi connectivity index (χ1n) is 10.4. The molecule has 1 heterocycles. The van der Waals surface area contributed by atoms with Crippen LogP contribution in [0.2, 0.25) is 0 Å². The maximum absolute atomic E-state index is 12.5. The van der Waals surface area contributed by atoms with Crippen molar-refractivity contribution in [2.45, 2.75) is 77.2 Å². The van der Waals surface area contributed by atoms with Gasteiger partial charge in [0.1, 0.15) is 6.04 Å². The molecule has 5 nitrogen and oxygen atoms in total. The Morgan fingerprint density at radius 1 is 1.10 bits per heavy atom. The van der Waals surface area contributed by atoms with Crippen LogP contribution in [0.25, 0.3) is 0 Å². The summed E-state index contributed by atoms with van der Waals surface area (Å²) in [6.07, 6.45) is 6.17. The largest absolute Gasteiger partial charge is 0.341 e. The van der Waals surface area contributed by atoms with Crippen LogP contribution in [0.4, 0.5) is 5.13 Å². The lowest BCUT2D eigenvalue weighted by Crippen LogP contribution is -2.41. The highest BCUT2D eigenvalue weighted by molar-refractivity contribution is 7.13. The van der Waals surface area contributed by atoms with Crippen LogP contribution in [0.5, 0.6) is 0 Å². The van der Waals surface area contributed by atoms with E-state index in [1.54, 1.807) is 19.1 Å². The number of hydrogen-bond acceptors (Lipinski definition) is 4. The molecule has 1 fully saturated rings. The zero-order chi connectivity index (χ0) is 21.0. The van der Waals surface area contributed by atoms with Crippen LogP contribution in [-0.4, -0.2) is 22.8 Å². The van der Waals surface area contributed by atoms with E-state index >= 15 is 0 Å². The minimum atomic E-state index is -0.646. The number of rotatable bonds is 5. The highest BCUT2D eigenvalue weighted by Gasteiger charge is 2.21. The van der Waals surface area contributed by atoms with E-state index in [4.69, 9.17) is 0 Å². The van der Waals surface area contributed by atoms with Crippen LogP contribution in [0.3, 0.4) is 0 Å². The van der Waals surface area contributed by atoms with Crippen molar-refractivity contribution in [2.24, 2.45) is 0 Å². The second-order valence-electron chi connectivity index (χ2n) is 8.92. The number of aromatic nitrogens is 1. The molecule has 0 bridgehead atoms. The highest BCUT2D eigenvalue weighted by Crippen LogP contribution is 2.34. The van der Waals surface area contributed by atoms with Gasteiger partial charge >= 0.3 is 0 Å². The molecule has 6 heteroatoms. The van der Waals surface area contributed by atoms with E-state index < -0.39 is 6.04 Å². The van der Waals surface area contributed by atoms with Crippen molar-refractivity contribution >= 4 is 28.3 Å². The number of nitrogens with one attached hydrogen (secondary N) is 2. The van der Waals surface area contributed by atoms with Gasteiger partial charge in [-0.1, -0.05) is 52.2 Å². The summed E-state index contributed by atoms with van der Waals surface area (Å²) in [5, 5.41) is 8.26. The first kappa shape index (κ1) is 21.5. The van der Waals surface area contributed by atoms with E-state index in [0.29, 0.717) is 16.6 Å². The average molecular weight is 414 g/mol. The molecule has 2 amide bonds. The fourth-order valence-electron chi connectivity index (χ4n) is 3.61. The van der Waals surface area contributed by atoms with E-state index in [0.717, 1.165) is 11.3 Å². The molecule has 0 unspecified atom stereocenters. The topological polar surface area (TPSA) is 71.1 Å². The third-order valence-electron chi connectivity index (χ3n) is 5.53. The van der Waals surface area contributed by atoms with Gasteiger partial charge in [-0.15, -0.1) is 11.3 Å². The molecule has 156 valence electrons. The molecule has 0 aliphatic heterocycles. The first-order chi connectivity index (χ1) is 13.7. The number of benzene rings is 1. The molecule has 0 spiro atoms. The van der Waals surface area contributed by atoms with Gasteiger partial charge in [0.2, 0.25) is 5.91 Å². The Hall–Kier alpha value is -2.21. The average Bonchev–Trinajstić information content (AvgIpc) is 3.16. The van der Waals surface area contributed by atoms with Crippen molar-refractivity contribution in [1.82, 2.24) is 10.3 Å². The maximum Gasteiger partial charge on any atom is 0.251 e. The van der Waals surface area contributed by atoms with Gasteiger partial charge in [0.25, 0.3) is 5.91 Å². The summed E-state index contributed by atoms with van der Waals surface area (Å²) in [4.78, 5) is 29.6. The number of hydrogen-bond donors (Lipinski definition) is 2. The molecule has 1 aliphatic carbocycles. The summed E-state index contributed by atoms with van der Waals surface area (Å²) in [5.41, 5.74) is 2.83. The molecule has 2 N–H and O–H groups in total. The van der Waals surface area contributed by atoms with E-state index in [1.807, 2.05) is 17.5 Å². The Labute approximate surface area is 177 Å². The van der Waals surface area contributed by atoms with Crippen LogP contribution < -0.4 is 10.6 Å². The van der Waals surface area contributed by atoms with Gasteiger partial charge < -0.3 is 10.6 Å². The van der Waals surface area contributed by atoms with Crippen molar-refractivity contribution in [2.75, 3.05) is 5.32 Å². The molecule has 1 aromatic heterocycles. The number of carbonyl (C=O) groups is 2. The number of thiazole rings is 1. The zero-order valence-electron chi connectivity index (χ0n) is 17.7. The van der Waals surface area contributed by atoms with Gasteiger partial charge in [0.05, 0.1) is 5.69 Å². The van der Waals surface area contributed by atoms with Gasteiger partial charge in [-0.25, -0.2) is 4.98 Å². The van der Waals surface area contributed by atoms with E-state index in [2.05, 4.69) is 36.4 Å². The summed E-state index contributed by atoms with van der Waals surface area (Å²) in [7, 11) is 0. The summed E-state index contributed by atoms with van der Waals surface area (Å²) < 4.78 is 0. The van der Waals surface area contributed by atoms with Gasteiger partial charge in [0.15, 0.2) is 5.13 Å². The molecule has 3 rings (SSSR count). The Bertz CT molecular complexity index is 846. The van der Waals surface area contributed by atoms with Gasteiger partial charge in [0, 0.05) is 16.9 Å². The quantitative estimate of drug-likeness (QED) is 0.704. The molecule has 0 saturated heterocycles. The molecule has 1 aliphatic rings. The fraction of sp³-hybridized carbons (Fsp3) is 0.522. The predicted molar refractivity (Wildman–Crippen MR) is 119 cm³/mol. The summed E-state index contributed by atoms with van der Waals surface area (Å²) in [6.45, 7) is 8.08. The molecule has 1 atom stereocenters. The van der Waals surface area contributed by atoms with Crippen molar-refractivity contribution in [1.29, 1.82) is 0 Å². The van der Waals surface area contributed by atoms with Crippen molar-refractivity contribution in [3.05, 3.63) is 46.5 Å². The van der Waals surface area contributed by atoms with E-state index in [1.165, 1.54) is 43.4 Å². The normalized spacial score (nSPS) is 16.3. The smallest absolute Gasteiger partial charge is 0.251 e. The molecular weight excluding hydrogens is 382 g/mol. The summed E-state index contributed by atoms with van der Waals surface area (Å²) in [6, 6.07) is 6.88. The van der Waals surface area contributed by atoms with Crippen molar-refractivity contribution < 1.29 is 9.59 Å².